The highest BCUT2D eigenvalue weighted by molar-refractivity contribution is 6.30. The van der Waals surface area contributed by atoms with Crippen LogP contribution in [-0.4, -0.2) is 19.2 Å². The second-order valence-corrected chi connectivity index (χ2v) is 2.90. The van der Waals surface area contributed by atoms with Crippen molar-refractivity contribution in [3.05, 3.63) is 29.3 Å². The Morgan fingerprint density at radius 2 is 2.43 bits per heavy atom. The molecule has 0 amide bonds. The molecule has 75 valence electrons. The third-order valence-electron chi connectivity index (χ3n) is 1.39. The Bertz CT molecular complexity index is 312. The van der Waals surface area contributed by atoms with Crippen molar-refractivity contribution >= 4 is 17.6 Å². The second-order valence-electron chi connectivity index (χ2n) is 2.46. The molecule has 0 fully saturated rings. The highest BCUT2D eigenvalue weighted by Gasteiger charge is 2.02. The summed E-state index contributed by atoms with van der Waals surface area (Å²) in [6.07, 6.45) is 0. The molecule has 3 nitrogen and oxygen atoms in total. The van der Waals surface area contributed by atoms with Gasteiger partial charge in [0.15, 0.2) is 6.61 Å². The fraction of sp³-hybridized carbons (Fsp3) is 0.300. The third kappa shape index (κ3) is 3.66. The summed E-state index contributed by atoms with van der Waals surface area (Å²) in [5, 5.41) is 0.544. The average molecular weight is 214 g/mol. The number of esters is 1. The molecule has 1 radical (unpaired) electrons. The lowest BCUT2D eigenvalue weighted by molar-refractivity contribution is -0.145. The first-order valence-electron chi connectivity index (χ1n) is 4.18. The summed E-state index contributed by atoms with van der Waals surface area (Å²) in [6, 6.07) is 7.68. The van der Waals surface area contributed by atoms with E-state index < -0.39 is 5.97 Å². The van der Waals surface area contributed by atoms with Gasteiger partial charge in [0.1, 0.15) is 5.75 Å². The van der Waals surface area contributed by atoms with Crippen molar-refractivity contribution in [3.8, 4) is 5.75 Å². The molecular weight excluding hydrogens is 204 g/mol. The van der Waals surface area contributed by atoms with Gasteiger partial charge in [0.25, 0.3) is 0 Å². The average Bonchev–Trinajstić information content (AvgIpc) is 2.15. The van der Waals surface area contributed by atoms with Crippen molar-refractivity contribution in [1.82, 2.24) is 0 Å². The summed E-state index contributed by atoms with van der Waals surface area (Å²) in [5.74, 6) is 0.0337. The molecule has 0 atom stereocenters. The molecule has 1 aromatic rings. The van der Waals surface area contributed by atoms with E-state index in [2.05, 4.69) is 10.8 Å². The van der Waals surface area contributed by atoms with Gasteiger partial charge in [-0.2, -0.15) is 0 Å². The third-order valence-corrected chi connectivity index (χ3v) is 1.62. The molecule has 4 heteroatoms. The predicted octanol–water partition coefficient (Wildman–Crippen LogP) is 2.08. The second kappa shape index (κ2) is 5.50. The van der Waals surface area contributed by atoms with Crippen LogP contribution < -0.4 is 4.74 Å². The van der Waals surface area contributed by atoms with E-state index in [1.807, 2.05) is 0 Å². The topological polar surface area (TPSA) is 35.5 Å². The van der Waals surface area contributed by atoms with Gasteiger partial charge in [0.2, 0.25) is 0 Å². The van der Waals surface area contributed by atoms with E-state index in [0.717, 1.165) is 0 Å². The zero-order valence-electron chi connectivity index (χ0n) is 7.75. The molecule has 0 spiro atoms. The normalized spacial score (nSPS) is 9.57. The number of halogens is 1. The van der Waals surface area contributed by atoms with Crippen molar-refractivity contribution in [2.24, 2.45) is 0 Å². The van der Waals surface area contributed by atoms with Crippen LogP contribution in [-0.2, 0) is 9.53 Å². The van der Waals surface area contributed by atoms with Crippen molar-refractivity contribution < 1.29 is 14.3 Å². The molecule has 0 N–H and O–H groups in total. The molecule has 0 saturated heterocycles. The molecule has 1 aromatic carbocycles. The maximum absolute atomic E-state index is 10.9. The Morgan fingerprint density at radius 1 is 1.64 bits per heavy atom. The lowest BCUT2D eigenvalue weighted by atomic mass is 10.3. The number of carbonyl (C=O) groups excluding carboxylic acids is 1. The number of benzene rings is 1. The van der Waals surface area contributed by atoms with E-state index in [0.29, 0.717) is 17.4 Å². The largest absolute Gasteiger partial charge is 0.481 e. The molecule has 0 aliphatic rings. The number of carbonyl (C=O) groups is 1. The van der Waals surface area contributed by atoms with Crippen LogP contribution in [0, 0.1) is 6.07 Å². The van der Waals surface area contributed by atoms with Gasteiger partial charge in [-0.1, -0.05) is 11.6 Å². The first-order chi connectivity index (χ1) is 6.72. The van der Waals surface area contributed by atoms with Crippen LogP contribution in [0.4, 0.5) is 0 Å². The number of hydrogen-bond donors (Lipinski definition) is 0. The minimum atomic E-state index is -0.402. The Labute approximate surface area is 87.6 Å². The zero-order chi connectivity index (χ0) is 10.4. The highest BCUT2D eigenvalue weighted by Crippen LogP contribution is 2.16. The Morgan fingerprint density at radius 3 is 3.07 bits per heavy atom. The van der Waals surface area contributed by atoms with E-state index in [4.69, 9.17) is 16.3 Å². The summed E-state index contributed by atoms with van der Waals surface area (Å²) < 4.78 is 9.77. The van der Waals surface area contributed by atoms with Crippen molar-refractivity contribution in [2.75, 3.05) is 13.2 Å². The molecule has 0 heterocycles. The van der Waals surface area contributed by atoms with Gasteiger partial charge >= 0.3 is 5.97 Å². The van der Waals surface area contributed by atoms with E-state index in [-0.39, 0.29) is 6.61 Å². The summed E-state index contributed by atoms with van der Waals surface area (Å²) in [4.78, 5) is 10.9. The van der Waals surface area contributed by atoms with Gasteiger partial charge < -0.3 is 9.47 Å². The summed E-state index contributed by atoms with van der Waals surface area (Å²) in [7, 11) is 0. The monoisotopic (exact) mass is 213 g/mol. The van der Waals surface area contributed by atoms with Crippen LogP contribution in [0.5, 0.6) is 5.75 Å². The fourth-order valence-corrected chi connectivity index (χ4v) is 1.00. The first kappa shape index (κ1) is 10.9. The molecule has 0 saturated carbocycles. The van der Waals surface area contributed by atoms with E-state index in [1.165, 1.54) is 0 Å². The van der Waals surface area contributed by atoms with Crippen molar-refractivity contribution in [3.63, 3.8) is 0 Å². The van der Waals surface area contributed by atoms with Crippen LogP contribution in [0.25, 0.3) is 0 Å². The van der Waals surface area contributed by atoms with Crippen LogP contribution in [0.1, 0.15) is 6.92 Å². The van der Waals surface area contributed by atoms with E-state index in [1.54, 1.807) is 25.1 Å². The van der Waals surface area contributed by atoms with E-state index in [9.17, 15) is 4.79 Å². The van der Waals surface area contributed by atoms with E-state index >= 15 is 0 Å². The molecule has 1 rings (SSSR count). The minimum Gasteiger partial charge on any atom is -0.481 e. The molecule has 14 heavy (non-hydrogen) atoms. The molecular formula is C10H10ClO3. The number of rotatable bonds is 4. The SMILES string of the molecule is CCOC(=O)COc1[c]ccc(Cl)c1. The highest BCUT2D eigenvalue weighted by atomic mass is 35.5. The van der Waals surface area contributed by atoms with Gasteiger partial charge in [-0.15, -0.1) is 0 Å². The number of ether oxygens (including phenoxy) is 2. The minimum absolute atomic E-state index is 0.120. The van der Waals surface area contributed by atoms with Gasteiger partial charge in [-0.25, -0.2) is 4.79 Å². The van der Waals surface area contributed by atoms with Gasteiger partial charge in [-0.05, 0) is 25.1 Å². The lowest BCUT2D eigenvalue weighted by Gasteiger charge is -2.04. The zero-order valence-corrected chi connectivity index (χ0v) is 8.50. The molecule has 0 aliphatic heterocycles. The smallest absolute Gasteiger partial charge is 0.344 e. The van der Waals surface area contributed by atoms with Crippen LogP contribution in [0.15, 0.2) is 18.2 Å². The Kier molecular flexibility index (Phi) is 4.26. The summed E-state index contributed by atoms with van der Waals surface area (Å²) in [5.41, 5.74) is 0. The van der Waals surface area contributed by atoms with Gasteiger partial charge in [-0.3, -0.25) is 0 Å². The first-order valence-corrected chi connectivity index (χ1v) is 4.56. The quantitative estimate of drug-likeness (QED) is 0.719. The molecule has 0 aromatic heterocycles. The Hall–Kier alpha value is -1.22. The fourth-order valence-electron chi connectivity index (χ4n) is 0.841. The van der Waals surface area contributed by atoms with Crippen LogP contribution >= 0.6 is 11.6 Å². The Balaban J connectivity index is 2.41. The predicted molar refractivity (Wildman–Crippen MR) is 52.4 cm³/mol. The van der Waals surface area contributed by atoms with Crippen LogP contribution in [0.2, 0.25) is 5.02 Å². The lowest BCUT2D eigenvalue weighted by Crippen LogP contribution is -2.14. The standard InChI is InChI=1S/C10H10ClO3/c1-2-13-10(12)7-14-9-5-3-4-8(11)6-9/h3-4,6H,2,7H2,1H3. The maximum Gasteiger partial charge on any atom is 0.344 e. The number of hydrogen-bond acceptors (Lipinski definition) is 3. The van der Waals surface area contributed by atoms with Crippen LogP contribution in [0.3, 0.4) is 0 Å². The molecule has 0 bridgehead atoms. The molecule has 0 unspecified atom stereocenters. The molecule has 0 aliphatic carbocycles. The van der Waals surface area contributed by atoms with Crippen molar-refractivity contribution in [1.29, 1.82) is 0 Å². The van der Waals surface area contributed by atoms with Crippen molar-refractivity contribution in [2.45, 2.75) is 6.92 Å². The maximum atomic E-state index is 10.9. The van der Waals surface area contributed by atoms with Gasteiger partial charge in [0.05, 0.1) is 6.61 Å². The summed E-state index contributed by atoms with van der Waals surface area (Å²) >= 11 is 5.71. The van der Waals surface area contributed by atoms with Gasteiger partial charge in [0, 0.05) is 11.1 Å². The summed E-state index contributed by atoms with van der Waals surface area (Å²) in [6.45, 7) is 1.97.